The number of rotatable bonds is 6. The molecule has 34 heavy (non-hydrogen) atoms. The Balaban J connectivity index is 1.32. The first-order valence-electron chi connectivity index (χ1n) is 11.9. The lowest BCUT2D eigenvalue weighted by Crippen LogP contribution is -2.34. The molecule has 3 heterocycles. The highest BCUT2D eigenvalue weighted by atomic mass is 16.2. The molecule has 1 aliphatic carbocycles. The van der Waals surface area contributed by atoms with Gasteiger partial charge in [0.25, 0.3) is 5.91 Å². The molecule has 0 unspecified atom stereocenters. The highest BCUT2D eigenvalue weighted by Crippen LogP contribution is 2.51. The van der Waals surface area contributed by atoms with Crippen LogP contribution in [0.3, 0.4) is 0 Å². The number of pyridine rings is 1. The largest absolute Gasteiger partial charge is 0.347 e. The molecule has 2 aromatic heterocycles. The molecule has 0 bridgehead atoms. The van der Waals surface area contributed by atoms with Crippen LogP contribution in [-0.4, -0.2) is 33.1 Å². The van der Waals surface area contributed by atoms with Gasteiger partial charge in [-0.1, -0.05) is 24.6 Å². The van der Waals surface area contributed by atoms with Gasteiger partial charge >= 0.3 is 0 Å². The van der Waals surface area contributed by atoms with Crippen molar-refractivity contribution in [2.75, 3.05) is 11.4 Å². The van der Waals surface area contributed by atoms with Crippen LogP contribution in [0.25, 0.3) is 11.1 Å². The van der Waals surface area contributed by atoms with Crippen molar-refractivity contribution >= 4 is 17.5 Å². The summed E-state index contributed by atoms with van der Waals surface area (Å²) in [6.45, 7) is 7.08. The van der Waals surface area contributed by atoms with Gasteiger partial charge in [0.15, 0.2) is 0 Å². The Bertz CT molecular complexity index is 1280. The van der Waals surface area contributed by atoms with E-state index in [0.29, 0.717) is 24.7 Å². The highest BCUT2D eigenvalue weighted by Gasteiger charge is 2.52. The molecule has 1 aliphatic heterocycles. The number of hydrogen-bond donors (Lipinski definition) is 1. The lowest BCUT2D eigenvalue weighted by Gasteiger charge is -2.23. The van der Waals surface area contributed by atoms with Crippen molar-refractivity contribution in [2.45, 2.75) is 46.6 Å². The molecule has 1 saturated heterocycles. The van der Waals surface area contributed by atoms with E-state index in [1.54, 1.807) is 10.7 Å². The van der Waals surface area contributed by atoms with Gasteiger partial charge in [0, 0.05) is 43.3 Å². The summed E-state index contributed by atoms with van der Waals surface area (Å²) in [5.41, 5.74) is 5.80. The second kappa shape index (κ2) is 8.38. The first-order valence-corrected chi connectivity index (χ1v) is 11.9. The summed E-state index contributed by atoms with van der Waals surface area (Å²) in [5.74, 6) is 0.433. The Morgan fingerprint density at radius 2 is 1.94 bits per heavy atom. The number of hydrogen-bond acceptors (Lipinski definition) is 4. The van der Waals surface area contributed by atoms with Crippen molar-refractivity contribution in [3.05, 3.63) is 65.2 Å². The average molecular weight is 458 g/mol. The van der Waals surface area contributed by atoms with Gasteiger partial charge in [-0.05, 0) is 68.4 Å². The zero-order chi connectivity index (χ0) is 24.0. The predicted molar refractivity (Wildman–Crippen MR) is 131 cm³/mol. The topological polar surface area (TPSA) is 80.1 Å². The van der Waals surface area contributed by atoms with E-state index in [4.69, 9.17) is 0 Å². The lowest BCUT2D eigenvalue weighted by molar-refractivity contribution is -0.125. The van der Waals surface area contributed by atoms with E-state index in [-0.39, 0.29) is 17.2 Å². The molecule has 2 aliphatic rings. The molecule has 0 radical (unpaired) electrons. The molecule has 5 rings (SSSR count). The van der Waals surface area contributed by atoms with E-state index < -0.39 is 0 Å². The van der Waals surface area contributed by atoms with Gasteiger partial charge in [-0.25, -0.2) is 4.98 Å². The first-order chi connectivity index (χ1) is 16.2. The Hall–Kier alpha value is -3.48. The van der Waals surface area contributed by atoms with Crippen LogP contribution in [0.1, 0.15) is 53.5 Å². The Morgan fingerprint density at radius 3 is 2.65 bits per heavy atom. The molecule has 2 amide bonds. The van der Waals surface area contributed by atoms with Crippen molar-refractivity contribution in [1.82, 2.24) is 20.1 Å². The van der Waals surface area contributed by atoms with E-state index >= 15 is 0 Å². The number of nitrogens with one attached hydrogen (secondary N) is 1. The minimum absolute atomic E-state index is 0.176. The molecule has 7 heteroatoms. The van der Waals surface area contributed by atoms with Crippen molar-refractivity contribution in [1.29, 1.82) is 0 Å². The fourth-order valence-electron chi connectivity index (χ4n) is 5.10. The highest BCUT2D eigenvalue weighted by molar-refractivity contribution is 6.01. The quantitative estimate of drug-likeness (QED) is 0.602. The second-order valence-electron chi connectivity index (χ2n) is 10.0. The van der Waals surface area contributed by atoms with Crippen LogP contribution in [0, 0.1) is 25.2 Å². The van der Waals surface area contributed by atoms with E-state index in [1.807, 2.05) is 44.3 Å². The average Bonchev–Trinajstić information content (AvgIpc) is 3.50. The maximum Gasteiger partial charge on any atom is 0.270 e. The predicted octanol–water partition coefficient (Wildman–Crippen LogP) is 4.18. The van der Waals surface area contributed by atoms with Crippen LogP contribution in [-0.2, 0) is 18.4 Å². The minimum Gasteiger partial charge on any atom is -0.347 e. The minimum atomic E-state index is -0.267. The Kier molecular flexibility index (Phi) is 5.50. The standard InChI is InChI=1S/C27H31N5O2/c1-17-9-19(12-20(10-17)21-15-29-31(4)16-21)14-28-25(33)24-13-23(11-18(2)30-24)32-8-7-27(3,26(32)34)22-5-6-22/h9-13,15-16,22H,5-8,14H2,1-4H3,(H,28,33)/t27-/m0/s1. The molecule has 176 valence electrons. The fraction of sp³-hybridized carbons (Fsp3) is 0.407. The summed E-state index contributed by atoms with van der Waals surface area (Å²) in [6, 6.07) is 9.89. The number of carbonyl (C=O) groups is 2. The first kappa shape index (κ1) is 22.3. The van der Waals surface area contributed by atoms with Crippen molar-refractivity contribution in [2.24, 2.45) is 18.4 Å². The molecule has 0 spiro atoms. The summed E-state index contributed by atoms with van der Waals surface area (Å²) >= 11 is 0. The number of amides is 2. The number of benzene rings is 1. The van der Waals surface area contributed by atoms with Crippen LogP contribution < -0.4 is 10.2 Å². The van der Waals surface area contributed by atoms with Crippen LogP contribution in [0.15, 0.2) is 42.7 Å². The molecule has 1 saturated carbocycles. The van der Waals surface area contributed by atoms with Gasteiger partial charge < -0.3 is 10.2 Å². The lowest BCUT2D eigenvalue weighted by atomic mass is 9.83. The van der Waals surface area contributed by atoms with Crippen molar-refractivity contribution < 1.29 is 9.59 Å². The maximum atomic E-state index is 13.2. The summed E-state index contributed by atoms with van der Waals surface area (Å²) in [6.07, 6.45) is 6.96. The smallest absolute Gasteiger partial charge is 0.270 e. The SMILES string of the molecule is Cc1cc(CNC(=O)c2cc(N3CC[C@@](C)(C4CC4)C3=O)cc(C)n2)cc(-c2cnn(C)c2)c1. The van der Waals surface area contributed by atoms with Gasteiger partial charge in [0.1, 0.15) is 5.69 Å². The van der Waals surface area contributed by atoms with Gasteiger partial charge in [-0.2, -0.15) is 5.10 Å². The van der Waals surface area contributed by atoms with Crippen LogP contribution in [0.5, 0.6) is 0 Å². The van der Waals surface area contributed by atoms with Gasteiger partial charge in [0.2, 0.25) is 5.91 Å². The summed E-state index contributed by atoms with van der Waals surface area (Å²) in [7, 11) is 1.89. The summed E-state index contributed by atoms with van der Waals surface area (Å²) < 4.78 is 1.78. The summed E-state index contributed by atoms with van der Waals surface area (Å²) in [5, 5.41) is 7.25. The van der Waals surface area contributed by atoms with E-state index in [2.05, 4.69) is 40.5 Å². The number of aromatic nitrogens is 3. The van der Waals surface area contributed by atoms with Crippen LogP contribution >= 0.6 is 0 Å². The fourth-order valence-corrected chi connectivity index (χ4v) is 5.10. The third kappa shape index (κ3) is 4.22. The second-order valence-corrected chi connectivity index (χ2v) is 10.0. The van der Waals surface area contributed by atoms with Crippen LogP contribution in [0.4, 0.5) is 5.69 Å². The van der Waals surface area contributed by atoms with Crippen molar-refractivity contribution in [3.8, 4) is 11.1 Å². The zero-order valence-corrected chi connectivity index (χ0v) is 20.3. The van der Waals surface area contributed by atoms with Gasteiger partial charge in [-0.3, -0.25) is 14.3 Å². The van der Waals surface area contributed by atoms with Crippen LogP contribution in [0.2, 0.25) is 0 Å². The maximum absolute atomic E-state index is 13.2. The van der Waals surface area contributed by atoms with E-state index in [9.17, 15) is 9.59 Å². The van der Waals surface area contributed by atoms with E-state index in [1.165, 1.54) is 0 Å². The molecule has 2 fully saturated rings. The molecular weight excluding hydrogens is 426 g/mol. The third-order valence-electron chi connectivity index (χ3n) is 7.18. The van der Waals surface area contributed by atoms with Gasteiger partial charge in [-0.15, -0.1) is 0 Å². The van der Waals surface area contributed by atoms with E-state index in [0.717, 1.165) is 52.9 Å². The molecule has 1 N–H and O–H groups in total. The number of aryl methyl sites for hydroxylation is 3. The van der Waals surface area contributed by atoms with Crippen molar-refractivity contribution in [3.63, 3.8) is 0 Å². The Morgan fingerprint density at radius 1 is 1.15 bits per heavy atom. The Labute approximate surface area is 200 Å². The molecule has 1 atom stereocenters. The zero-order valence-electron chi connectivity index (χ0n) is 20.3. The third-order valence-corrected chi connectivity index (χ3v) is 7.18. The number of nitrogens with zero attached hydrogens (tertiary/aromatic N) is 4. The molecule has 3 aromatic rings. The monoisotopic (exact) mass is 457 g/mol. The number of carbonyl (C=O) groups excluding carboxylic acids is 2. The molecule has 1 aromatic carbocycles. The normalized spacial score (nSPS) is 20.1. The van der Waals surface area contributed by atoms with Gasteiger partial charge in [0.05, 0.1) is 11.6 Å². The summed E-state index contributed by atoms with van der Waals surface area (Å²) in [4.78, 5) is 32.5. The molecule has 7 nitrogen and oxygen atoms in total. The number of anilines is 1. The molecular formula is C27H31N5O2.